The number of carbonyl (C=O) groups excluding carboxylic acids is 1. The fourth-order valence-electron chi connectivity index (χ4n) is 2.02. The molecule has 2 heterocycles. The van der Waals surface area contributed by atoms with Crippen LogP contribution in [0.25, 0.3) is 0 Å². The summed E-state index contributed by atoms with van der Waals surface area (Å²) in [6.07, 6.45) is 4.98. The molecule has 0 bridgehead atoms. The van der Waals surface area contributed by atoms with Crippen molar-refractivity contribution in [2.75, 3.05) is 5.32 Å². The third-order valence-electron chi connectivity index (χ3n) is 3.11. The van der Waals surface area contributed by atoms with E-state index in [2.05, 4.69) is 15.5 Å². The molecule has 0 unspecified atom stereocenters. The molecule has 2 aromatic heterocycles. The van der Waals surface area contributed by atoms with E-state index < -0.39 is 0 Å². The van der Waals surface area contributed by atoms with Gasteiger partial charge >= 0.3 is 0 Å². The average Bonchev–Trinajstić information content (AvgIpc) is 3.11. The number of amides is 1. The van der Waals surface area contributed by atoms with E-state index in [4.69, 9.17) is 11.6 Å². The summed E-state index contributed by atoms with van der Waals surface area (Å²) in [6, 6.07) is 9.32. The van der Waals surface area contributed by atoms with Gasteiger partial charge in [0, 0.05) is 30.5 Å². The standard InChI is InChI=1S/C15H14ClN5O/c1-20-10-12(8-17-20)15(22)18-14-6-7-21(19-14)9-11-2-4-13(16)5-3-11/h2-8,10H,9H2,1H3,(H,18,19,22). The monoisotopic (exact) mass is 315 g/mol. The van der Waals surface area contributed by atoms with E-state index in [9.17, 15) is 4.79 Å². The number of hydrogen-bond acceptors (Lipinski definition) is 3. The lowest BCUT2D eigenvalue weighted by Gasteiger charge is -2.02. The maximum Gasteiger partial charge on any atom is 0.260 e. The van der Waals surface area contributed by atoms with Crippen LogP contribution in [0.4, 0.5) is 5.82 Å². The third kappa shape index (κ3) is 3.35. The van der Waals surface area contributed by atoms with Gasteiger partial charge in [-0.1, -0.05) is 23.7 Å². The molecule has 112 valence electrons. The van der Waals surface area contributed by atoms with Crippen LogP contribution >= 0.6 is 11.6 Å². The Morgan fingerprint density at radius 3 is 2.73 bits per heavy atom. The predicted octanol–water partition coefficient (Wildman–Crippen LogP) is 2.57. The minimum atomic E-state index is -0.232. The van der Waals surface area contributed by atoms with Gasteiger partial charge in [-0.25, -0.2) is 0 Å². The van der Waals surface area contributed by atoms with Gasteiger partial charge in [0.25, 0.3) is 5.91 Å². The summed E-state index contributed by atoms with van der Waals surface area (Å²) in [4.78, 5) is 12.0. The number of hydrogen-bond donors (Lipinski definition) is 1. The molecule has 0 aliphatic rings. The number of carbonyl (C=O) groups is 1. The zero-order chi connectivity index (χ0) is 15.5. The number of nitrogens with zero attached hydrogens (tertiary/aromatic N) is 4. The maximum absolute atomic E-state index is 12.0. The van der Waals surface area contributed by atoms with Gasteiger partial charge in [-0.2, -0.15) is 10.2 Å². The minimum absolute atomic E-state index is 0.232. The molecule has 6 nitrogen and oxygen atoms in total. The highest BCUT2D eigenvalue weighted by atomic mass is 35.5. The number of anilines is 1. The second-order valence-corrected chi connectivity index (χ2v) is 5.32. The molecule has 0 aliphatic carbocycles. The molecule has 0 saturated heterocycles. The van der Waals surface area contributed by atoms with Gasteiger partial charge in [-0.3, -0.25) is 14.2 Å². The molecular weight excluding hydrogens is 302 g/mol. The Labute approximate surface area is 132 Å². The molecule has 7 heteroatoms. The highest BCUT2D eigenvalue weighted by Gasteiger charge is 2.09. The molecule has 1 N–H and O–H groups in total. The van der Waals surface area contributed by atoms with E-state index in [0.29, 0.717) is 22.9 Å². The first-order chi connectivity index (χ1) is 10.6. The van der Waals surface area contributed by atoms with Gasteiger partial charge in [-0.05, 0) is 17.7 Å². The highest BCUT2D eigenvalue weighted by molar-refractivity contribution is 6.30. The predicted molar refractivity (Wildman–Crippen MR) is 83.9 cm³/mol. The van der Waals surface area contributed by atoms with Crippen LogP contribution in [0, 0.1) is 0 Å². The summed E-state index contributed by atoms with van der Waals surface area (Å²) >= 11 is 5.86. The van der Waals surface area contributed by atoms with Crippen molar-refractivity contribution in [3.05, 3.63) is 65.1 Å². The normalized spacial score (nSPS) is 10.6. The lowest BCUT2D eigenvalue weighted by atomic mass is 10.2. The van der Waals surface area contributed by atoms with E-state index >= 15 is 0 Å². The van der Waals surface area contributed by atoms with E-state index in [0.717, 1.165) is 5.56 Å². The maximum atomic E-state index is 12.0. The second kappa shape index (κ2) is 6.03. The van der Waals surface area contributed by atoms with Crippen LogP contribution in [0.15, 0.2) is 48.9 Å². The quantitative estimate of drug-likeness (QED) is 0.804. The Balaban J connectivity index is 1.66. The number of nitrogens with one attached hydrogen (secondary N) is 1. The molecule has 0 radical (unpaired) electrons. The molecule has 3 rings (SSSR count). The molecule has 0 spiro atoms. The van der Waals surface area contributed by atoms with Gasteiger partial charge in [0.15, 0.2) is 5.82 Å². The van der Waals surface area contributed by atoms with E-state index in [1.807, 2.05) is 30.5 Å². The van der Waals surface area contributed by atoms with Gasteiger partial charge in [0.05, 0.1) is 18.3 Å². The number of aryl methyl sites for hydroxylation is 1. The molecule has 0 atom stereocenters. The van der Waals surface area contributed by atoms with Gasteiger partial charge in [-0.15, -0.1) is 0 Å². The summed E-state index contributed by atoms with van der Waals surface area (Å²) in [5.74, 6) is 0.271. The second-order valence-electron chi connectivity index (χ2n) is 4.88. The Morgan fingerprint density at radius 2 is 2.05 bits per heavy atom. The van der Waals surface area contributed by atoms with Crippen LogP contribution in [0.2, 0.25) is 5.02 Å². The Kier molecular flexibility index (Phi) is 3.93. The summed E-state index contributed by atoms with van der Waals surface area (Å²) in [6.45, 7) is 0.611. The molecule has 3 aromatic rings. The number of halogens is 1. The first-order valence-corrected chi connectivity index (χ1v) is 7.06. The Hall–Kier alpha value is -2.60. The van der Waals surface area contributed by atoms with Crippen molar-refractivity contribution >= 4 is 23.3 Å². The van der Waals surface area contributed by atoms with Crippen molar-refractivity contribution in [2.45, 2.75) is 6.54 Å². The largest absolute Gasteiger partial charge is 0.305 e. The fraction of sp³-hybridized carbons (Fsp3) is 0.133. The van der Waals surface area contributed by atoms with E-state index in [1.54, 1.807) is 28.7 Å². The van der Waals surface area contributed by atoms with Crippen molar-refractivity contribution in [2.24, 2.45) is 7.05 Å². The van der Waals surface area contributed by atoms with E-state index in [1.165, 1.54) is 6.20 Å². The van der Waals surface area contributed by atoms with Crippen LogP contribution < -0.4 is 5.32 Å². The van der Waals surface area contributed by atoms with Gasteiger partial charge in [0.2, 0.25) is 0 Å². The van der Waals surface area contributed by atoms with Crippen LogP contribution in [0.5, 0.6) is 0 Å². The van der Waals surface area contributed by atoms with Crippen LogP contribution in [-0.2, 0) is 13.6 Å². The molecule has 1 aromatic carbocycles. The Bertz CT molecular complexity index is 790. The summed E-state index contributed by atoms with van der Waals surface area (Å²) in [5.41, 5.74) is 1.58. The van der Waals surface area contributed by atoms with Crippen LogP contribution in [-0.4, -0.2) is 25.5 Å². The van der Waals surface area contributed by atoms with Crippen molar-refractivity contribution in [3.8, 4) is 0 Å². The Morgan fingerprint density at radius 1 is 1.27 bits per heavy atom. The average molecular weight is 316 g/mol. The summed E-state index contributed by atoms with van der Waals surface area (Å²) in [7, 11) is 1.76. The molecule has 0 aliphatic heterocycles. The van der Waals surface area contributed by atoms with Crippen molar-refractivity contribution < 1.29 is 4.79 Å². The minimum Gasteiger partial charge on any atom is -0.305 e. The van der Waals surface area contributed by atoms with Crippen LogP contribution in [0.3, 0.4) is 0 Å². The molecular formula is C15H14ClN5O. The third-order valence-corrected chi connectivity index (χ3v) is 3.36. The highest BCUT2D eigenvalue weighted by Crippen LogP contribution is 2.12. The lowest BCUT2D eigenvalue weighted by molar-refractivity contribution is 0.102. The zero-order valence-corrected chi connectivity index (χ0v) is 12.7. The van der Waals surface area contributed by atoms with Gasteiger partial charge in [0.1, 0.15) is 0 Å². The molecule has 1 amide bonds. The van der Waals surface area contributed by atoms with Crippen molar-refractivity contribution in [1.29, 1.82) is 0 Å². The molecule has 22 heavy (non-hydrogen) atoms. The number of rotatable bonds is 4. The molecule has 0 saturated carbocycles. The topological polar surface area (TPSA) is 64.7 Å². The first kappa shape index (κ1) is 14.3. The number of aromatic nitrogens is 4. The van der Waals surface area contributed by atoms with Gasteiger partial charge < -0.3 is 5.32 Å². The van der Waals surface area contributed by atoms with Crippen LogP contribution in [0.1, 0.15) is 15.9 Å². The smallest absolute Gasteiger partial charge is 0.260 e. The lowest BCUT2D eigenvalue weighted by Crippen LogP contribution is -2.12. The summed E-state index contributed by atoms with van der Waals surface area (Å²) < 4.78 is 3.33. The van der Waals surface area contributed by atoms with E-state index in [-0.39, 0.29) is 5.91 Å². The zero-order valence-electron chi connectivity index (χ0n) is 11.9. The SMILES string of the molecule is Cn1cc(C(=O)Nc2ccn(Cc3ccc(Cl)cc3)n2)cn1. The molecule has 0 fully saturated rings. The van der Waals surface area contributed by atoms with Crippen molar-refractivity contribution in [3.63, 3.8) is 0 Å². The van der Waals surface area contributed by atoms with Crippen molar-refractivity contribution in [1.82, 2.24) is 19.6 Å². The summed E-state index contributed by atoms with van der Waals surface area (Å²) in [5, 5.41) is 11.7. The first-order valence-electron chi connectivity index (χ1n) is 6.68. The number of benzene rings is 1. The fourth-order valence-corrected chi connectivity index (χ4v) is 2.15.